The van der Waals surface area contributed by atoms with Crippen LogP contribution in [-0.2, 0) is 9.53 Å². The number of carbonyl (C=O) groups excluding carboxylic acids is 1. The van der Waals surface area contributed by atoms with Gasteiger partial charge in [-0.2, -0.15) is 0 Å². The van der Waals surface area contributed by atoms with E-state index in [-0.39, 0.29) is 23.5 Å². The molecule has 17 heavy (non-hydrogen) atoms. The normalized spacial score (nSPS) is 26.1. The molecule has 4 heteroatoms. The van der Waals surface area contributed by atoms with E-state index in [2.05, 4.69) is 0 Å². The van der Waals surface area contributed by atoms with Crippen LogP contribution in [0.25, 0.3) is 0 Å². The van der Waals surface area contributed by atoms with Crippen molar-refractivity contribution in [2.75, 3.05) is 19.7 Å². The first kappa shape index (κ1) is 14.5. The lowest BCUT2D eigenvalue weighted by Crippen LogP contribution is -2.56. The van der Waals surface area contributed by atoms with Gasteiger partial charge in [-0.15, -0.1) is 0 Å². The van der Waals surface area contributed by atoms with Gasteiger partial charge in [-0.1, -0.05) is 13.8 Å². The Hall–Kier alpha value is -0.610. The highest BCUT2D eigenvalue weighted by Gasteiger charge is 2.40. The third-order valence-electron chi connectivity index (χ3n) is 4.07. The van der Waals surface area contributed by atoms with Gasteiger partial charge in [-0.3, -0.25) is 4.79 Å². The third-order valence-corrected chi connectivity index (χ3v) is 4.07. The fraction of sp³-hybridized carbons (Fsp3) is 0.923. The number of rotatable bonds is 4. The van der Waals surface area contributed by atoms with Crippen molar-refractivity contribution < 1.29 is 9.53 Å². The predicted octanol–water partition coefficient (Wildman–Crippen LogP) is 1.39. The van der Waals surface area contributed by atoms with E-state index >= 15 is 0 Å². The minimum atomic E-state index is -0.384. The summed E-state index contributed by atoms with van der Waals surface area (Å²) in [5.41, 5.74) is 5.45. The summed E-state index contributed by atoms with van der Waals surface area (Å²) in [7, 11) is 0. The average molecular weight is 242 g/mol. The van der Waals surface area contributed by atoms with Gasteiger partial charge in [0, 0.05) is 13.1 Å². The Labute approximate surface area is 104 Å². The van der Waals surface area contributed by atoms with E-state index in [1.165, 1.54) is 0 Å². The molecule has 0 aromatic heterocycles. The Bertz CT molecular complexity index is 256. The van der Waals surface area contributed by atoms with Gasteiger partial charge in [0.15, 0.2) is 0 Å². The Balaban J connectivity index is 2.85. The monoisotopic (exact) mass is 242 g/mol. The lowest BCUT2D eigenvalue weighted by Gasteiger charge is -2.42. The summed E-state index contributed by atoms with van der Waals surface area (Å²) in [5, 5.41) is 0. The zero-order valence-electron chi connectivity index (χ0n) is 11.5. The summed E-state index contributed by atoms with van der Waals surface area (Å²) in [4.78, 5) is 14.6. The number of nitrogens with zero attached hydrogens (tertiary/aromatic N) is 1. The minimum Gasteiger partial charge on any atom is -0.375 e. The lowest BCUT2D eigenvalue weighted by atomic mass is 9.80. The molecule has 1 rings (SSSR count). The maximum atomic E-state index is 12.7. The van der Waals surface area contributed by atoms with Crippen LogP contribution in [0, 0.1) is 5.41 Å². The molecule has 0 spiro atoms. The highest BCUT2D eigenvalue weighted by molar-refractivity contribution is 5.83. The van der Waals surface area contributed by atoms with E-state index in [9.17, 15) is 4.79 Å². The van der Waals surface area contributed by atoms with Crippen molar-refractivity contribution in [3.63, 3.8) is 0 Å². The van der Waals surface area contributed by atoms with Gasteiger partial charge < -0.3 is 15.4 Å². The largest absolute Gasteiger partial charge is 0.375 e. The van der Waals surface area contributed by atoms with Crippen molar-refractivity contribution in [3.8, 4) is 0 Å². The summed E-state index contributed by atoms with van der Waals surface area (Å²) >= 11 is 0. The fourth-order valence-corrected chi connectivity index (χ4v) is 2.42. The van der Waals surface area contributed by atoms with E-state index in [1.807, 2.05) is 32.6 Å². The molecule has 1 aliphatic heterocycles. The van der Waals surface area contributed by atoms with Crippen LogP contribution in [0.15, 0.2) is 0 Å². The van der Waals surface area contributed by atoms with Gasteiger partial charge >= 0.3 is 0 Å². The van der Waals surface area contributed by atoms with Crippen molar-refractivity contribution in [2.45, 2.75) is 52.7 Å². The van der Waals surface area contributed by atoms with E-state index in [0.29, 0.717) is 19.7 Å². The van der Waals surface area contributed by atoms with Crippen LogP contribution < -0.4 is 5.73 Å². The molecule has 2 unspecified atom stereocenters. The molecule has 100 valence electrons. The molecule has 0 aromatic carbocycles. The molecule has 0 aromatic rings. The zero-order chi connectivity index (χ0) is 13.1. The number of amides is 1. The molecule has 1 fully saturated rings. The SMILES string of the molecule is CCC(CC)(CN)C(=O)N1CC(C)OCC1C. The molecule has 1 saturated heterocycles. The molecular weight excluding hydrogens is 216 g/mol. The highest BCUT2D eigenvalue weighted by Crippen LogP contribution is 2.29. The molecule has 2 N–H and O–H groups in total. The second kappa shape index (κ2) is 5.83. The topological polar surface area (TPSA) is 55.6 Å². The van der Waals surface area contributed by atoms with Crippen LogP contribution >= 0.6 is 0 Å². The molecule has 0 bridgehead atoms. The number of carbonyl (C=O) groups is 1. The Morgan fingerprint density at radius 3 is 2.47 bits per heavy atom. The van der Waals surface area contributed by atoms with Gasteiger partial charge in [0.25, 0.3) is 0 Å². The Morgan fingerprint density at radius 2 is 2.00 bits per heavy atom. The van der Waals surface area contributed by atoms with Crippen LogP contribution in [-0.4, -0.2) is 42.6 Å². The number of ether oxygens (including phenoxy) is 1. The first-order valence-corrected chi connectivity index (χ1v) is 6.63. The number of morpholine rings is 1. The standard InChI is InChI=1S/C13H26N2O2/c1-5-13(6-2,9-14)12(16)15-7-11(4)17-8-10(15)3/h10-11H,5-9,14H2,1-4H3. The quantitative estimate of drug-likeness (QED) is 0.810. The van der Waals surface area contributed by atoms with Crippen molar-refractivity contribution in [3.05, 3.63) is 0 Å². The summed E-state index contributed by atoms with van der Waals surface area (Å²) in [6.45, 7) is 9.87. The van der Waals surface area contributed by atoms with E-state index in [0.717, 1.165) is 12.8 Å². The van der Waals surface area contributed by atoms with Gasteiger partial charge in [0.2, 0.25) is 5.91 Å². The predicted molar refractivity (Wildman–Crippen MR) is 68.7 cm³/mol. The number of hydrogen-bond donors (Lipinski definition) is 1. The van der Waals surface area contributed by atoms with Gasteiger partial charge in [0.1, 0.15) is 0 Å². The molecule has 0 aliphatic carbocycles. The second-order valence-corrected chi connectivity index (χ2v) is 5.14. The minimum absolute atomic E-state index is 0.124. The van der Waals surface area contributed by atoms with Crippen molar-refractivity contribution in [1.82, 2.24) is 4.90 Å². The molecule has 1 aliphatic rings. The van der Waals surface area contributed by atoms with Gasteiger partial charge in [-0.05, 0) is 26.7 Å². The van der Waals surface area contributed by atoms with Gasteiger partial charge in [0.05, 0.1) is 24.2 Å². The van der Waals surface area contributed by atoms with E-state index in [4.69, 9.17) is 10.5 Å². The summed E-state index contributed by atoms with van der Waals surface area (Å²) < 4.78 is 5.56. The second-order valence-electron chi connectivity index (χ2n) is 5.14. The molecule has 1 amide bonds. The molecular formula is C13H26N2O2. The molecule has 0 radical (unpaired) electrons. The van der Waals surface area contributed by atoms with Crippen LogP contribution in [0.2, 0.25) is 0 Å². The first-order valence-electron chi connectivity index (χ1n) is 6.63. The number of hydrogen-bond acceptors (Lipinski definition) is 3. The summed E-state index contributed by atoms with van der Waals surface area (Å²) in [6.07, 6.45) is 1.73. The first-order chi connectivity index (χ1) is 8.00. The van der Waals surface area contributed by atoms with Crippen LogP contribution in [0.4, 0.5) is 0 Å². The van der Waals surface area contributed by atoms with Crippen molar-refractivity contribution >= 4 is 5.91 Å². The molecule has 0 saturated carbocycles. The molecule has 2 atom stereocenters. The highest BCUT2D eigenvalue weighted by atomic mass is 16.5. The fourth-order valence-electron chi connectivity index (χ4n) is 2.42. The smallest absolute Gasteiger partial charge is 0.230 e. The van der Waals surface area contributed by atoms with Crippen LogP contribution in [0.5, 0.6) is 0 Å². The van der Waals surface area contributed by atoms with Crippen LogP contribution in [0.1, 0.15) is 40.5 Å². The average Bonchev–Trinajstić information content (AvgIpc) is 2.35. The van der Waals surface area contributed by atoms with Crippen molar-refractivity contribution in [1.29, 1.82) is 0 Å². The Kier molecular flexibility index (Phi) is 4.95. The van der Waals surface area contributed by atoms with E-state index in [1.54, 1.807) is 0 Å². The zero-order valence-corrected chi connectivity index (χ0v) is 11.5. The molecule has 1 heterocycles. The number of nitrogens with two attached hydrogens (primary N) is 1. The van der Waals surface area contributed by atoms with E-state index < -0.39 is 0 Å². The maximum absolute atomic E-state index is 12.7. The lowest BCUT2D eigenvalue weighted by molar-refractivity contribution is -0.154. The summed E-state index contributed by atoms with van der Waals surface area (Å²) in [5.74, 6) is 0.202. The van der Waals surface area contributed by atoms with Gasteiger partial charge in [-0.25, -0.2) is 0 Å². The third kappa shape index (κ3) is 2.80. The van der Waals surface area contributed by atoms with Crippen LogP contribution in [0.3, 0.4) is 0 Å². The Morgan fingerprint density at radius 1 is 1.41 bits per heavy atom. The molecule has 4 nitrogen and oxygen atoms in total. The van der Waals surface area contributed by atoms with Crippen molar-refractivity contribution in [2.24, 2.45) is 11.1 Å². The maximum Gasteiger partial charge on any atom is 0.230 e. The summed E-state index contributed by atoms with van der Waals surface area (Å²) in [6, 6.07) is 0.155.